The third-order valence-corrected chi connectivity index (χ3v) is 7.31. The predicted octanol–water partition coefficient (Wildman–Crippen LogP) is 1.30. The van der Waals surface area contributed by atoms with Crippen molar-refractivity contribution in [3.8, 4) is 5.75 Å². The van der Waals surface area contributed by atoms with Gasteiger partial charge in [-0.3, -0.25) is 4.90 Å². The maximum absolute atomic E-state index is 12.9. The zero-order valence-electron chi connectivity index (χ0n) is 16.2. The van der Waals surface area contributed by atoms with Gasteiger partial charge in [-0.15, -0.1) is 0 Å². The molecular weight excluding hydrogens is 385 g/mol. The van der Waals surface area contributed by atoms with Crippen molar-refractivity contribution in [3.05, 3.63) is 30.1 Å². The van der Waals surface area contributed by atoms with Crippen molar-refractivity contribution < 1.29 is 22.7 Å². The number of halogens is 1. The number of β-amino-alcohol motifs (C(OH)–C–C–N with tert-alkyl or cyclic N) is 1. The average Bonchev–Trinajstić information content (AvgIpc) is 2.98. The molecule has 0 radical (unpaired) electrons. The topological polar surface area (TPSA) is 73.3 Å². The first-order valence-corrected chi connectivity index (χ1v) is 11.4. The highest BCUT2D eigenvalue weighted by atomic mass is 32.2. The highest BCUT2D eigenvalue weighted by Crippen LogP contribution is 2.18. The van der Waals surface area contributed by atoms with Gasteiger partial charge in [-0.2, -0.15) is 17.0 Å². The van der Waals surface area contributed by atoms with E-state index in [-0.39, 0.29) is 12.4 Å². The molecule has 0 spiro atoms. The van der Waals surface area contributed by atoms with E-state index in [2.05, 4.69) is 0 Å². The molecule has 0 amide bonds. The Morgan fingerprint density at radius 2 is 1.50 bits per heavy atom. The van der Waals surface area contributed by atoms with Gasteiger partial charge in [-0.05, 0) is 37.1 Å². The Morgan fingerprint density at radius 1 is 0.929 bits per heavy atom. The first kappa shape index (κ1) is 21.4. The number of nitrogens with zero attached hydrogens (tertiary/aromatic N) is 3. The van der Waals surface area contributed by atoms with Crippen LogP contribution in [-0.2, 0) is 10.2 Å². The summed E-state index contributed by atoms with van der Waals surface area (Å²) in [7, 11) is -3.39. The fourth-order valence-corrected chi connectivity index (χ4v) is 5.32. The summed E-state index contributed by atoms with van der Waals surface area (Å²) in [6.45, 7) is 3.79. The van der Waals surface area contributed by atoms with E-state index in [0.717, 1.165) is 25.7 Å². The fourth-order valence-electron chi connectivity index (χ4n) is 3.65. The number of rotatable bonds is 7. The van der Waals surface area contributed by atoms with E-state index >= 15 is 0 Å². The maximum Gasteiger partial charge on any atom is 0.282 e. The largest absolute Gasteiger partial charge is 0.491 e. The molecule has 1 aromatic rings. The van der Waals surface area contributed by atoms with Crippen molar-refractivity contribution in [2.24, 2.45) is 0 Å². The highest BCUT2D eigenvalue weighted by Gasteiger charge is 2.32. The summed E-state index contributed by atoms with van der Waals surface area (Å²) in [6, 6.07) is 5.67. The minimum Gasteiger partial charge on any atom is -0.491 e. The first-order valence-electron chi connectivity index (χ1n) is 9.99. The van der Waals surface area contributed by atoms with Crippen molar-refractivity contribution in [1.29, 1.82) is 0 Å². The lowest BCUT2D eigenvalue weighted by atomic mass is 10.2. The lowest BCUT2D eigenvalue weighted by Gasteiger charge is -2.37. The molecular formula is C19H30FN3O4S. The molecule has 2 heterocycles. The zero-order valence-corrected chi connectivity index (χ0v) is 17.0. The van der Waals surface area contributed by atoms with E-state index in [1.807, 2.05) is 4.90 Å². The van der Waals surface area contributed by atoms with Crippen molar-refractivity contribution in [3.63, 3.8) is 0 Å². The van der Waals surface area contributed by atoms with Crippen LogP contribution < -0.4 is 4.74 Å². The smallest absolute Gasteiger partial charge is 0.282 e. The van der Waals surface area contributed by atoms with Gasteiger partial charge in [-0.1, -0.05) is 12.8 Å². The Morgan fingerprint density at radius 3 is 2.11 bits per heavy atom. The van der Waals surface area contributed by atoms with Gasteiger partial charge < -0.3 is 9.84 Å². The number of aliphatic hydroxyl groups is 1. The number of hydrogen-bond donors (Lipinski definition) is 1. The standard InChI is InChI=1S/C19H30FN3O4S/c20-17-5-7-19(8-6-17)27-16-18(24)15-21-11-13-23(14-12-21)28(25,26)22-9-3-1-2-4-10-22/h5-8,18,24H,1-4,9-16H2/t18-/m1/s1. The number of piperazine rings is 1. The molecule has 2 fully saturated rings. The second-order valence-electron chi connectivity index (χ2n) is 7.44. The van der Waals surface area contributed by atoms with E-state index in [9.17, 15) is 17.9 Å². The Labute approximate surface area is 166 Å². The van der Waals surface area contributed by atoms with Gasteiger partial charge in [0.05, 0.1) is 0 Å². The minimum absolute atomic E-state index is 0.109. The van der Waals surface area contributed by atoms with Crippen LogP contribution in [0, 0.1) is 5.82 Å². The van der Waals surface area contributed by atoms with Crippen LogP contribution in [0.3, 0.4) is 0 Å². The SMILES string of the molecule is O=S(=O)(N1CCCCCC1)N1CCN(C[C@@H](O)COc2ccc(F)cc2)CC1. The van der Waals surface area contributed by atoms with Crippen molar-refractivity contribution in [2.45, 2.75) is 31.8 Å². The van der Waals surface area contributed by atoms with E-state index in [1.54, 1.807) is 8.61 Å². The number of hydrogen-bond acceptors (Lipinski definition) is 5. The number of aliphatic hydroxyl groups excluding tert-OH is 1. The molecule has 2 aliphatic heterocycles. The molecule has 0 unspecified atom stereocenters. The van der Waals surface area contributed by atoms with Crippen LogP contribution in [0.25, 0.3) is 0 Å². The second-order valence-corrected chi connectivity index (χ2v) is 9.37. The van der Waals surface area contributed by atoms with Crippen LogP contribution >= 0.6 is 0 Å². The molecule has 1 N–H and O–H groups in total. The molecule has 2 saturated heterocycles. The molecule has 7 nitrogen and oxygen atoms in total. The average molecular weight is 416 g/mol. The monoisotopic (exact) mass is 415 g/mol. The Hall–Kier alpha value is -1.26. The molecule has 2 aliphatic rings. The van der Waals surface area contributed by atoms with Crippen LogP contribution in [0.1, 0.15) is 25.7 Å². The lowest BCUT2D eigenvalue weighted by molar-refractivity contribution is 0.0562. The molecule has 3 rings (SSSR count). The van der Waals surface area contributed by atoms with Gasteiger partial charge in [0, 0.05) is 45.8 Å². The van der Waals surface area contributed by atoms with Crippen LogP contribution in [0.5, 0.6) is 5.75 Å². The summed E-state index contributed by atoms with van der Waals surface area (Å²) in [5.41, 5.74) is 0. The van der Waals surface area contributed by atoms with Gasteiger partial charge in [0.15, 0.2) is 0 Å². The normalized spacial score (nSPS) is 21.9. The van der Waals surface area contributed by atoms with Gasteiger partial charge in [0.25, 0.3) is 10.2 Å². The lowest BCUT2D eigenvalue weighted by Crippen LogP contribution is -2.54. The molecule has 158 valence electrons. The summed E-state index contributed by atoms with van der Waals surface area (Å²) < 4.78 is 47.2. The van der Waals surface area contributed by atoms with E-state index in [1.165, 1.54) is 24.3 Å². The summed E-state index contributed by atoms with van der Waals surface area (Å²) in [5.74, 6) is 0.176. The second kappa shape index (κ2) is 9.98. The van der Waals surface area contributed by atoms with Gasteiger partial charge >= 0.3 is 0 Å². The van der Waals surface area contributed by atoms with Crippen LogP contribution in [0.4, 0.5) is 4.39 Å². The fraction of sp³-hybridized carbons (Fsp3) is 0.684. The molecule has 1 atom stereocenters. The van der Waals surface area contributed by atoms with E-state index in [0.29, 0.717) is 51.6 Å². The summed E-state index contributed by atoms with van der Waals surface area (Å²) in [5, 5.41) is 10.2. The van der Waals surface area contributed by atoms with Crippen molar-refractivity contribution in [1.82, 2.24) is 13.5 Å². The summed E-state index contributed by atoms with van der Waals surface area (Å²) >= 11 is 0. The van der Waals surface area contributed by atoms with Gasteiger partial charge in [-0.25, -0.2) is 4.39 Å². The highest BCUT2D eigenvalue weighted by molar-refractivity contribution is 7.86. The molecule has 0 saturated carbocycles. The molecule has 0 bridgehead atoms. The summed E-state index contributed by atoms with van der Waals surface area (Å²) in [4.78, 5) is 2.05. The number of benzene rings is 1. The molecule has 1 aromatic carbocycles. The van der Waals surface area contributed by atoms with Crippen LogP contribution in [0.15, 0.2) is 24.3 Å². The van der Waals surface area contributed by atoms with E-state index in [4.69, 9.17) is 4.74 Å². The van der Waals surface area contributed by atoms with Gasteiger partial charge in [0.2, 0.25) is 0 Å². The maximum atomic E-state index is 12.9. The summed E-state index contributed by atoms with van der Waals surface area (Å²) in [6.07, 6.45) is 3.35. The van der Waals surface area contributed by atoms with Gasteiger partial charge in [0.1, 0.15) is 24.3 Å². The zero-order chi connectivity index (χ0) is 20.0. The number of ether oxygens (including phenoxy) is 1. The Balaban J connectivity index is 1.42. The quantitative estimate of drug-likeness (QED) is 0.727. The first-order chi connectivity index (χ1) is 13.4. The van der Waals surface area contributed by atoms with Crippen molar-refractivity contribution >= 4 is 10.2 Å². The Bertz CT molecular complexity index is 700. The Kier molecular flexibility index (Phi) is 7.64. The van der Waals surface area contributed by atoms with E-state index < -0.39 is 16.3 Å². The minimum atomic E-state index is -3.39. The third kappa shape index (κ3) is 5.87. The third-order valence-electron chi connectivity index (χ3n) is 5.27. The molecule has 0 aliphatic carbocycles. The molecule has 9 heteroatoms. The van der Waals surface area contributed by atoms with Crippen LogP contribution in [0.2, 0.25) is 0 Å². The predicted molar refractivity (Wildman–Crippen MR) is 105 cm³/mol. The van der Waals surface area contributed by atoms with Crippen molar-refractivity contribution in [2.75, 3.05) is 52.4 Å². The van der Waals surface area contributed by atoms with Crippen LogP contribution in [-0.4, -0.2) is 85.6 Å². The molecule has 0 aromatic heterocycles. The molecule has 28 heavy (non-hydrogen) atoms.